The van der Waals surface area contributed by atoms with Crippen LogP contribution in [0.1, 0.15) is 18.1 Å². The lowest BCUT2D eigenvalue weighted by Gasteiger charge is -1.93. The SMILES string of the molecule is C=Cc1ccccc1.CCOCC=Cc1ccccc1. The highest BCUT2D eigenvalue weighted by Crippen LogP contribution is 2.00. The normalized spacial score (nSPS) is 9.85. The largest absolute Gasteiger partial charge is 0.378 e. The maximum atomic E-state index is 5.17. The molecule has 2 aromatic rings. The summed E-state index contributed by atoms with van der Waals surface area (Å²) in [6.07, 6.45) is 5.93. The average molecular weight is 266 g/mol. The van der Waals surface area contributed by atoms with Gasteiger partial charge in [-0.05, 0) is 18.1 Å². The summed E-state index contributed by atoms with van der Waals surface area (Å²) in [5.74, 6) is 0. The summed E-state index contributed by atoms with van der Waals surface area (Å²) in [5.41, 5.74) is 2.39. The molecule has 0 aliphatic heterocycles. The lowest BCUT2D eigenvalue weighted by atomic mass is 10.2. The highest BCUT2D eigenvalue weighted by molar-refractivity contribution is 5.48. The van der Waals surface area contributed by atoms with E-state index in [9.17, 15) is 0 Å². The van der Waals surface area contributed by atoms with Crippen molar-refractivity contribution in [2.45, 2.75) is 6.92 Å². The van der Waals surface area contributed by atoms with Crippen LogP contribution in [0.4, 0.5) is 0 Å². The molecule has 0 heterocycles. The zero-order valence-corrected chi connectivity index (χ0v) is 12.0. The van der Waals surface area contributed by atoms with E-state index in [4.69, 9.17) is 4.74 Å². The molecule has 0 saturated heterocycles. The standard InChI is InChI=1S/C11H14O.C8H8/c1-2-12-10-6-9-11-7-4-3-5-8-11;1-2-8-6-4-3-5-7-8/h3-9H,2,10H2,1H3;2-7H,1H2. The van der Waals surface area contributed by atoms with Gasteiger partial charge in [-0.25, -0.2) is 0 Å². The molecule has 0 aliphatic carbocycles. The predicted octanol–water partition coefficient (Wildman–Crippen LogP) is 5.07. The molecule has 0 fully saturated rings. The Morgan fingerprint density at radius 2 is 1.45 bits per heavy atom. The molecule has 0 N–H and O–H groups in total. The van der Waals surface area contributed by atoms with E-state index in [0.29, 0.717) is 6.61 Å². The van der Waals surface area contributed by atoms with Gasteiger partial charge in [0, 0.05) is 6.61 Å². The van der Waals surface area contributed by atoms with E-state index < -0.39 is 0 Å². The third-order valence-electron chi connectivity index (χ3n) is 2.56. The second-order valence-corrected chi connectivity index (χ2v) is 4.09. The van der Waals surface area contributed by atoms with Crippen molar-refractivity contribution in [3.63, 3.8) is 0 Å². The molecule has 0 aliphatic rings. The van der Waals surface area contributed by atoms with Gasteiger partial charge in [0.15, 0.2) is 0 Å². The molecule has 2 rings (SSSR count). The van der Waals surface area contributed by atoms with Crippen molar-refractivity contribution >= 4 is 12.2 Å². The Bertz CT molecular complexity index is 486. The molecular formula is C19H22O. The van der Waals surface area contributed by atoms with E-state index >= 15 is 0 Å². The highest BCUT2D eigenvalue weighted by atomic mass is 16.5. The molecule has 20 heavy (non-hydrogen) atoms. The number of ether oxygens (including phenoxy) is 1. The maximum Gasteiger partial charge on any atom is 0.0650 e. The van der Waals surface area contributed by atoms with E-state index in [1.54, 1.807) is 0 Å². The van der Waals surface area contributed by atoms with E-state index in [1.807, 2.05) is 67.6 Å². The first-order valence-electron chi connectivity index (χ1n) is 6.83. The monoisotopic (exact) mass is 266 g/mol. The van der Waals surface area contributed by atoms with Gasteiger partial charge in [-0.2, -0.15) is 0 Å². The molecule has 0 saturated carbocycles. The lowest BCUT2D eigenvalue weighted by Crippen LogP contribution is -1.87. The van der Waals surface area contributed by atoms with Crippen molar-refractivity contribution < 1.29 is 4.74 Å². The number of rotatable bonds is 5. The summed E-state index contributed by atoms with van der Waals surface area (Å²) in [5, 5.41) is 0. The maximum absolute atomic E-state index is 5.17. The first-order valence-corrected chi connectivity index (χ1v) is 6.83. The third kappa shape index (κ3) is 7.34. The van der Waals surface area contributed by atoms with Gasteiger partial charge in [-0.15, -0.1) is 0 Å². The molecule has 0 aromatic heterocycles. The molecule has 0 atom stereocenters. The molecule has 1 heteroatoms. The van der Waals surface area contributed by atoms with Crippen LogP contribution in [0.25, 0.3) is 12.2 Å². The highest BCUT2D eigenvalue weighted by Gasteiger charge is 1.81. The summed E-state index contributed by atoms with van der Waals surface area (Å²) in [6.45, 7) is 7.10. The van der Waals surface area contributed by atoms with Crippen LogP contribution in [-0.4, -0.2) is 13.2 Å². The number of hydrogen-bond acceptors (Lipinski definition) is 1. The van der Waals surface area contributed by atoms with Crippen LogP contribution in [0.2, 0.25) is 0 Å². The Labute approximate surface area is 122 Å². The summed E-state index contributed by atoms with van der Waals surface area (Å²) in [7, 11) is 0. The van der Waals surface area contributed by atoms with Gasteiger partial charge >= 0.3 is 0 Å². The van der Waals surface area contributed by atoms with Crippen molar-refractivity contribution in [2.75, 3.05) is 13.2 Å². The number of benzene rings is 2. The summed E-state index contributed by atoms with van der Waals surface area (Å²) < 4.78 is 5.17. The fourth-order valence-electron chi connectivity index (χ4n) is 1.52. The fraction of sp³-hybridized carbons (Fsp3) is 0.158. The molecule has 1 nitrogen and oxygen atoms in total. The Morgan fingerprint density at radius 3 is 1.90 bits per heavy atom. The minimum absolute atomic E-state index is 0.700. The average Bonchev–Trinajstić information content (AvgIpc) is 2.54. The fourth-order valence-corrected chi connectivity index (χ4v) is 1.52. The van der Waals surface area contributed by atoms with Gasteiger partial charge in [-0.3, -0.25) is 0 Å². The van der Waals surface area contributed by atoms with Gasteiger partial charge in [0.25, 0.3) is 0 Å². The quantitative estimate of drug-likeness (QED) is 0.687. The second-order valence-electron chi connectivity index (χ2n) is 4.09. The second kappa shape index (κ2) is 10.8. The Kier molecular flexibility index (Phi) is 8.58. The van der Waals surface area contributed by atoms with Crippen molar-refractivity contribution in [2.24, 2.45) is 0 Å². The van der Waals surface area contributed by atoms with Crippen LogP contribution in [0.15, 0.2) is 73.3 Å². The Morgan fingerprint density at radius 1 is 0.900 bits per heavy atom. The smallest absolute Gasteiger partial charge is 0.0650 e. The van der Waals surface area contributed by atoms with Crippen LogP contribution < -0.4 is 0 Å². The minimum Gasteiger partial charge on any atom is -0.378 e. The molecule has 0 unspecified atom stereocenters. The summed E-state index contributed by atoms with van der Waals surface area (Å²) >= 11 is 0. The molecule has 0 bridgehead atoms. The third-order valence-corrected chi connectivity index (χ3v) is 2.56. The van der Waals surface area contributed by atoms with Gasteiger partial charge in [0.2, 0.25) is 0 Å². The zero-order chi connectivity index (χ0) is 14.5. The van der Waals surface area contributed by atoms with Gasteiger partial charge in [0.05, 0.1) is 6.61 Å². The van der Waals surface area contributed by atoms with E-state index in [-0.39, 0.29) is 0 Å². The van der Waals surface area contributed by atoms with Gasteiger partial charge in [-0.1, -0.05) is 85.5 Å². The van der Waals surface area contributed by atoms with Crippen LogP contribution in [0.3, 0.4) is 0 Å². The first kappa shape index (κ1) is 15.9. The van der Waals surface area contributed by atoms with Crippen molar-refractivity contribution in [3.8, 4) is 0 Å². The Balaban J connectivity index is 0.000000217. The zero-order valence-electron chi connectivity index (χ0n) is 12.0. The van der Waals surface area contributed by atoms with Crippen LogP contribution in [0.5, 0.6) is 0 Å². The Hall–Kier alpha value is -2.12. The number of hydrogen-bond donors (Lipinski definition) is 0. The topological polar surface area (TPSA) is 9.23 Å². The van der Waals surface area contributed by atoms with Crippen LogP contribution >= 0.6 is 0 Å². The van der Waals surface area contributed by atoms with Crippen LogP contribution in [0, 0.1) is 0 Å². The van der Waals surface area contributed by atoms with Gasteiger partial charge in [0.1, 0.15) is 0 Å². The summed E-state index contributed by atoms with van der Waals surface area (Å²) in [6, 6.07) is 20.2. The molecule has 0 amide bonds. The van der Waals surface area contributed by atoms with E-state index in [2.05, 4.69) is 24.8 Å². The molecule has 2 aromatic carbocycles. The van der Waals surface area contributed by atoms with Crippen molar-refractivity contribution in [1.82, 2.24) is 0 Å². The van der Waals surface area contributed by atoms with Crippen LogP contribution in [-0.2, 0) is 4.74 Å². The van der Waals surface area contributed by atoms with E-state index in [0.717, 1.165) is 6.61 Å². The predicted molar refractivity (Wildman–Crippen MR) is 88.5 cm³/mol. The molecule has 104 valence electrons. The molecule has 0 radical (unpaired) electrons. The molecular weight excluding hydrogens is 244 g/mol. The lowest BCUT2D eigenvalue weighted by molar-refractivity contribution is 0.178. The van der Waals surface area contributed by atoms with Crippen molar-refractivity contribution in [3.05, 3.63) is 84.4 Å². The van der Waals surface area contributed by atoms with E-state index in [1.165, 1.54) is 11.1 Å². The first-order chi connectivity index (χ1) is 9.86. The molecule has 0 spiro atoms. The minimum atomic E-state index is 0.700. The van der Waals surface area contributed by atoms with Gasteiger partial charge < -0.3 is 4.74 Å². The summed E-state index contributed by atoms with van der Waals surface area (Å²) in [4.78, 5) is 0. The van der Waals surface area contributed by atoms with Crippen molar-refractivity contribution in [1.29, 1.82) is 0 Å².